The summed E-state index contributed by atoms with van der Waals surface area (Å²) in [6.07, 6.45) is 5.48. The maximum absolute atomic E-state index is 11.9. The van der Waals surface area contributed by atoms with Crippen LogP contribution >= 0.6 is 15.9 Å². The average Bonchev–Trinajstić information content (AvgIpc) is 3.11. The van der Waals surface area contributed by atoms with Crippen molar-refractivity contribution >= 4 is 33.5 Å². The summed E-state index contributed by atoms with van der Waals surface area (Å²) in [5.74, 6) is 1.45. The molecule has 2 bridgehead atoms. The lowest BCUT2D eigenvalue weighted by Gasteiger charge is -2.20. The van der Waals surface area contributed by atoms with E-state index >= 15 is 0 Å². The van der Waals surface area contributed by atoms with Crippen LogP contribution in [0.1, 0.15) is 37.7 Å². The van der Waals surface area contributed by atoms with Gasteiger partial charge in [0.25, 0.3) is 5.91 Å². The van der Waals surface area contributed by atoms with E-state index in [0.29, 0.717) is 18.3 Å². The van der Waals surface area contributed by atoms with Crippen LogP contribution in [-0.2, 0) is 14.3 Å². The average molecular weight is 380 g/mol. The maximum Gasteiger partial charge on any atom is 0.306 e. The maximum atomic E-state index is 11.9. The summed E-state index contributed by atoms with van der Waals surface area (Å²) in [6, 6.07) is 5.62. The van der Waals surface area contributed by atoms with Crippen LogP contribution in [0.5, 0.6) is 0 Å². The molecule has 2 aliphatic rings. The first-order chi connectivity index (χ1) is 11.0. The lowest BCUT2D eigenvalue weighted by atomic mass is 9.86. The number of halogens is 1. The van der Waals surface area contributed by atoms with Gasteiger partial charge in [-0.25, -0.2) is 0 Å². The summed E-state index contributed by atoms with van der Waals surface area (Å²) < 4.78 is 6.11. The van der Waals surface area contributed by atoms with Gasteiger partial charge in [0.1, 0.15) is 0 Å². The number of esters is 1. The van der Waals surface area contributed by atoms with Crippen LogP contribution in [0.3, 0.4) is 0 Å². The fourth-order valence-corrected chi connectivity index (χ4v) is 4.47. The molecular weight excluding hydrogens is 358 g/mol. The first-order valence-corrected chi connectivity index (χ1v) is 9.02. The van der Waals surface area contributed by atoms with Crippen molar-refractivity contribution in [3.05, 3.63) is 28.2 Å². The van der Waals surface area contributed by atoms with Crippen LogP contribution in [0, 0.1) is 24.7 Å². The van der Waals surface area contributed by atoms with E-state index in [2.05, 4.69) is 21.2 Å². The third-order valence-electron chi connectivity index (χ3n) is 5.14. The van der Waals surface area contributed by atoms with E-state index in [-0.39, 0.29) is 18.5 Å². The van der Waals surface area contributed by atoms with Gasteiger partial charge in [-0.05, 0) is 67.7 Å². The highest BCUT2D eigenvalue weighted by atomic mass is 79.9. The van der Waals surface area contributed by atoms with Gasteiger partial charge in [-0.3, -0.25) is 9.59 Å². The molecule has 124 valence electrons. The van der Waals surface area contributed by atoms with Crippen molar-refractivity contribution in [1.29, 1.82) is 0 Å². The van der Waals surface area contributed by atoms with Gasteiger partial charge in [-0.1, -0.05) is 22.4 Å². The van der Waals surface area contributed by atoms with Gasteiger partial charge < -0.3 is 10.1 Å². The van der Waals surface area contributed by atoms with Crippen molar-refractivity contribution in [3.8, 4) is 0 Å². The largest absolute Gasteiger partial charge is 0.456 e. The molecule has 1 aromatic carbocycles. The van der Waals surface area contributed by atoms with Gasteiger partial charge in [-0.2, -0.15) is 0 Å². The Morgan fingerprint density at radius 1 is 1.30 bits per heavy atom. The van der Waals surface area contributed by atoms with Crippen LogP contribution in [0.25, 0.3) is 0 Å². The molecule has 2 fully saturated rings. The summed E-state index contributed by atoms with van der Waals surface area (Å²) in [5.41, 5.74) is 1.70. The van der Waals surface area contributed by atoms with Crippen molar-refractivity contribution in [2.24, 2.45) is 17.8 Å². The van der Waals surface area contributed by atoms with Gasteiger partial charge >= 0.3 is 5.97 Å². The Hall–Kier alpha value is -1.36. The van der Waals surface area contributed by atoms with E-state index in [1.54, 1.807) is 0 Å². The Bertz CT molecular complexity index is 616. The molecule has 3 rings (SSSR count). The molecule has 2 saturated carbocycles. The smallest absolute Gasteiger partial charge is 0.306 e. The molecule has 5 heteroatoms. The zero-order chi connectivity index (χ0) is 16.4. The zero-order valence-corrected chi connectivity index (χ0v) is 14.9. The predicted octanol–water partition coefficient (Wildman–Crippen LogP) is 4.07. The lowest BCUT2D eigenvalue weighted by Crippen LogP contribution is -2.23. The zero-order valence-electron chi connectivity index (χ0n) is 13.3. The molecule has 1 amide bonds. The van der Waals surface area contributed by atoms with Crippen LogP contribution in [0.2, 0.25) is 0 Å². The molecule has 2 aliphatic carbocycles. The number of aryl methyl sites for hydroxylation is 1. The number of carbonyl (C=O) groups is 2. The first kappa shape index (κ1) is 16.5. The number of rotatable bonds is 5. The molecule has 1 aromatic rings. The molecule has 4 nitrogen and oxygen atoms in total. The summed E-state index contributed by atoms with van der Waals surface area (Å²) >= 11 is 3.39. The lowest BCUT2D eigenvalue weighted by molar-refractivity contribution is -0.148. The molecule has 0 heterocycles. The van der Waals surface area contributed by atoms with E-state index in [1.807, 2.05) is 25.1 Å². The number of ether oxygens (including phenoxy) is 1. The minimum absolute atomic E-state index is 0.213. The second-order valence-corrected chi connectivity index (χ2v) is 7.72. The number of fused-ring (bicyclic) bond motifs is 2. The van der Waals surface area contributed by atoms with Gasteiger partial charge in [0.15, 0.2) is 6.61 Å². The fraction of sp³-hybridized carbons (Fsp3) is 0.556. The minimum Gasteiger partial charge on any atom is -0.456 e. The number of amides is 1. The second-order valence-electron chi connectivity index (χ2n) is 6.81. The highest BCUT2D eigenvalue weighted by Gasteiger charge is 2.40. The Balaban J connectivity index is 1.42. The van der Waals surface area contributed by atoms with Crippen molar-refractivity contribution < 1.29 is 14.3 Å². The quantitative estimate of drug-likeness (QED) is 0.784. The Morgan fingerprint density at radius 2 is 2.13 bits per heavy atom. The van der Waals surface area contributed by atoms with E-state index in [4.69, 9.17) is 4.74 Å². The molecular formula is C18H22BrNO3. The first-order valence-electron chi connectivity index (χ1n) is 8.23. The van der Waals surface area contributed by atoms with Crippen LogP contribution in [0.15, 0.2) is 22.7 Å². The monoisotopic (exact) mass is 379 g/mol. The molecule has 0 aromatic heterocycles. The van der Waals surface area contributed by atoms with Gasteiger partial charge in [-0.15, -0.1) is 0 Å². The van der Waals surface area contributed by atoms with Crippen LogP contribution < -0.4 is 5.32 Å². The van der Waals surface area contributed by atoms with E-state index in [0.717, 1.165) is 28.1 Å². The summed E-state index contributed by atoms with van der Waals surface area (Å²) in [7, 11) is 0. The molecule has 0 saturated heterocycles. The van der Waals surface area contributed by atoms with Crippen molar-refractivity contribution in [2.45, 2.75) is 39.0 Å². The number of hydrogen-bond acceptors (Lipinski definition) is 3. The van der Waals surface area contributed by atoms with Gasteiger partial charge in [0.05, 0.1) is 0 Å². The Kier molecular flexibility index (Phi) is 5.05. The Morgan fingerprint density at radius 3 is 2.78 bits per heavy atom. The van der Waals surface area contributed by atoms with Crippen molar-refractivity contribution in [1.82, 2.24) is 0 Å². The highest BCUT2D eigenvalue weighted by molar-refractivity contribution is 9.10. The molecule has 0 unspecified atom stereocenters. The van der Waals surface area contributed by atoms with Crippen LogP contribution in [0.4, 0.5) is 5.69 Å². The van der Waals surface area contributed by atoms with Crippen molar-refractivity contribution in [2.75, 3.05) is 11.9 Å². The normalized spacial score (nSPS) is 25.4. The minimum atomic E-state index is -0.295. The number of hydrogen-bond donors (Lipinski definition) is 1. The summed E-state index contributed by atoms with van der Waals surface area (Å²) in [4.78, 5) is 23.9. The number of carbonyl (C=O) groups excluding carboxylic acids is 2. The third-order valence-corrected chi connectivity index (χ3v) is 5.63. The molecule has 3 atom stereocenters. The molecule has 0 radical (unpaired) electrons. The second kappa shape index (κ2) is 7.04. The Labute approximate surface area is 145 Å². The molecule has 23 heavy (non-hydrogen) atoms. The number of benzene rings is 1. The van der Waals surface area contributed by atoms with Gasteiger partial charge in [0.2, 0.25) is 0 Å². The number of anilines is 1. The number of nitrogens with one attached hydrogen (secondary N) is 1. The third kappa shape index (κ3) is 4.14. The molecule has 1 N–H and O–H groups in total. The molecule has 0 aliphatic heterocycles. The summed E-state index contributed by atoms with van der Waals surface area (Å²) in [6.45, 7) is 1.71. The topological polar surface area (TPSA) is 55.4 Å². The standard InChI is InChI=1S/C18H22BrNO3/c1-11-6-15(19)4-5-16(11)20-17(21)10-23-18(22)9-14-8-12-2-3-13(14)7-12/h4-6,12-14H,2-3,7-10H2,1H3,(H,20,21)/t12-,13-,14+/m1/s1. The SMILES string of the molecule is Cc1cc(Br)ccc1NC(=O)COC(=O)C[C@@H]1C[C@@H]2CC[C@@H]1C2. The predicted molar refractivity (Wildman–Crippen MR) is 92.0 cm³/mol. The van der Waals surface area contributed by atoms with E-state index in [9.17, 15) is 9.59 Å². The van der Waals surface area contributed by atoms with E-state index in [1.165, 1.54) is 19.3 Å². The molecule has 0 spiro atoms. The fourth-order valence-electron chi connectivity index (χ4n) is 4.00. The van der Waals surface area contributed by atoms with Gasteiger partial charge in [0, 0.05) is 16.6 Å². The summed E-state index contributed by atoms with van der Waals surface area (Å²) in [5, 5.41) is 2.78. The van der Waals surface area contributed by atoms with E-state index < -0.39 is 0 Å². The highest BCUT2D eigenvalue weighted by Crippen LogP contribution is 2.49. The van der Waals surface area contributed by atoms with Crippen molar-refractivity contribution in [3.63, 3.8) is 0 Å². The van der Waals surface area contributed by atoms with Crippen LogP contribution in [-0.4, -0.2) is 18.5 Å².